The third kappa shape index (κ3) is 6.34. The van der Waals surface area contributed by atoms with Gasteiger partial charge in [0.25, 0.3) is 0 Å². The van der Waals surface area contributed by atoms with Gasteiger partial charge < -0.3 is 0 Å². The van der Waals surface area contributed by atoms with Gasteiger partial charge in [-0.1, -0.05) is 0 Å². The van der Waals surface area contributed by atoms with E-state index in [1.54, 1.807) is 6.07 Å². The van der Waals surface area contributed by atoms with E-state index >= 15 is 0 Å². The molecule has 2 unspecified atom stereocenters. The van der Waals surface area contributed by atoms with E-state index in [9.17, 15) is 9.90 Å². The van der Waals surface area contributed by atoms with Gasteiger partial charge in [-0.25, -0.2) is 0 Å². The number of carbonyl (C=O) groups excluding carboxylic acids is 1. The number of carbonyl (C=O) groups is 1. The number of phenolic OH excluding ortho intramolecular Hbond substituents is 1. The summed E-state index contributed by atoms with van der Waals surface area (Å²) in [6.45, 7) is 8.58. The van der Waals surface area contributed by atoms with E-state index in [2.05, 4.69) is 27.7 Å². The third-order valence-electron chi connectivity index (χ3n) is 4.36. The maximum atomic E-state index is 12.5. The molecule has 28 heavy (non-hydrogen) atoms. The average Bonchev–Trinajstić information content (AvgIpc) is 2.72. The van der Waals surface area contributed by atoms with Crippen molar-refractivity contribution in [3.8, 4) is 17.2 Å². The van der Waals surface area contributed by atoms with Gasteiger partial charge >= 0.3 is 191 Å². The maximum absolute atomic E-state index is 12.5. The van der Waals surface area contributed by atoms with Gasteiger partial charge in [0.15, 0.2) is 0 Å². The number of halogens is 2. The van der Waals surface area contributed by atoms with E-state index in [1.807, 2.05) is 36.4 Å². The summed E-state index contributed by atoms with van der Waals surface area (Å²) in [6, 6.07) is 13.4. The van der Waals surface area contributed by atoms with Crippen molar-refractivity contribution in [2.45, 2.75) is 54.8 Å². The zero-order chi connectivity index (χ0) is 20.5. The van der Waals surface area contributed by atoms with Crippen molar-refractivity contribution in [2.24, 2.45) is 0 Å². The molecule has 2 aromatic carbocycles. The number of alkyl halides is 3. The van der Waals surface area contributed by atoms with Crippen LogP contribution in [0.25, 0.3) is 0 Å². The standard InChI is InChI=1S/C23H30I2O3/c1-5-15-24-23(27)16(4)25-20(7-3)19-13-14-21(26)22(18(19)6-2)28-17-11-9-8-10-12-17/h8-14,16,20,26H,5-7,15H2,1-4H3/q-2. The average molecular weight is 608 g/mol. The zero-order valence-electron chi connectivity index (χ0n) is 17.0. The normalized spacial score (nSPS) is 13.4. The van der Waals surface area contributed by atoms with Crippen LogP contribution < -0.4 is 47.1 Å². The van der Waals surface area contributed by atoms with E-state index < -0.39 is 0 Å². The molecule has 2 atom stereocenters. The molecule has 0 saturated heterocycles. The van der Waals surface area contributed by atoms with E-state index in [1.165, 1.54) is 5.56 Å². The van der Waals surface area contributed by atoms with Crippen LogP contribution in [0.3, 0.4) is 0 Å². The number of rotatable bonds is 11. The van der Waals surface area contributed by atoms with Crippen LogP contribution in [0.1, 0.15) is 55.6 Å². The molecule has 0 amide bonds. The minimum atomic E-state index is -0.319. The number of benzene rings is 2. The molecule has 2 aromatic rings. The molecule has 0 aliphatic heterocycles. The number of para-hydroxylation sites is 1. The number of ether oxygens (including phenoxy) is 1. The summed E-state index contributed by atoms with van der Waals surface area (Å²) < 4.78 is 8.29. The molecular formula is C23H30I2O3-2. The van der Waals surface area contributed by atoms with Crippen LogP contribution in [0, 0.1) is 0 Å². The summed E-state index contributed by atoms with van der Waals surface area (Å²) in [7, 11) is 0. The van der Waals surface area contributed by atoms with Crippen molar-refractivity contribution >= 4 is 3.79 Å². The van der Waals surface area contributed by atoms with Crippen LogP contribution in [0.15, 0.2) is 42.5 Å². The zero-order valence-corrected chi connectivity index (χ0v) is 21.4. The van der Waals surface area contributed by atoms with Gasteiger partial charge in [-0.3, -0.25) is 0 Å². The molecule has 3 nitrogen and oxygen atoms in total. The van der Waals surface area contributed by atoms with Gasteiger partial charge in [-0.05, 0) is 0 Å². The fourth-order valence-electron chi connectivity index (χ4n) is 2.96. The van der Waals surface area contributed by atoms with Gasteiger partial charge in [0.05, 0.1) is 0 Å². The predicted molar refractivity (Wildman–Crippen MR) is 107 cm³/mol. The molecule has 0 aromatic heterocycles. The van der Waals surface area contributed by atoms with Crippen molar-refractivity contribution in [3.63, 3.8) is 0 Å². The Bertz CT molecular complexity index is 762. The Morgan fingerprint density at radius 3 is 2.43 bits per heavy atom. The predicted octanol–water partition coefficient (Wildman–Crippen LogP) is -0.299. The van der Waals surface area contributed by atoms with E-state index in [0.29, 0.717) is 13.5 Å². The Kier molecular flexibility index (Phi) is 10.0. The molecule has 1 N–H and O–H groups in total. The van der Waals surface area contributed by atoms with Crippen LogP contribution in [0.5, 0.6) is 17.2 Å². The fourth-order valence-corrected chi connectivity index (χ4v) is 9.73. The minimum absolute atomic E-state index is 0.176. The molecule has 0 aliphatic rings. The first-order valence-electron chi connectivity index (χ1n) is 9.84. The summed E-state index contributed by atoms with van der Waals surface area (Å²) in [5, 5.41) is 10.5. The Morgan fingerprint density at radius 1 is 1.11 bits per heavy atom. The Balaban J connectivity index is 2.29. The molecule has 0 aliphatic carbocycles. The Morgan fingerprint density at radius 2 is 1.82 bits per heavy atom. The van der Waals surface area contributed by atoms with Gasteiger partial charge in [0.2, 0.25) is 0 Å². The van der Waals surface area contributed by atoms with Crippen LogP contribution in [-0.2, 0) is 11.2 Å². The van der Waals surface area contributed by atoms with Crippen molar-refractivity contribution in [1.82, 2.24) is 0 Å². The molecule has 0 fully saturated rings. The van der Waals surface area contributed by atoms with Gasteiger partial charge in [0, 0.05) is 0 Å². The van der Waals surface area contributed by atoms with Crippen molar-refractivity contribution in [3.05, 3.63) is 53.6 Å². The first-order valence-corrected chi connectivity index (χ1v) is 14.9. The second kappa shape index (κ2) is 12.0. The molecule has 5 heteroatoms. The Labute approximate surface area is 189 Å². The van der Waals surface area contributed by atoms with E-state index in [0.717, 1.165) is 35.0 Å². The fraction of sp³-hybridized carbons (Fsp3) is 0.435. The molecule has 2 rings (SSSR count). The van der Waals surface area contributed by atoms with Crippen molar-refractivity contribution in [2.75, 3.05) is 4.43 Å². The summed E-state index contributed by atoms with van der Waals surface area (Å²) >= 11 is -0.625. The first kappa shape index (κ1) is 23.4. The topological polar surface area (TPSA) is 46.5 Å². The van der Waals surface area contributed by atoms with Crippen LogP contribution >= 0.6 is 0 Å². The van der Waals surface area contributed by atoms with Crippen molar-refractivity contribution < 1.29 is 57.0 Å². The van der Waals surface area contributed by atoms with Gasteiger partial charge in [-0.2, -0.15) is 0 Å². The summed E-state index contributed by atoms with van der Waals surface area (Å²) in [5.74, 6) is 1.46. The monoisotopic (exact) mass is 608 g/mol. The number of aromatic hydroxyl groups is 1. The molecule has 156 valence electrons. The van der Waals surface area contributed by atoms with Gasteiger partial charge in [0.1, 0.15) is 0 Å². The molecule has 0 bridgehead atoms. The van der Waals surface area contributed by atoms with E-state index in [4.69, 9.17) is 4.74 Å². The SMILES string of the molecule is CCC[I-]C(=O)C(C)[I-]C(CC)c1ccc(O)c(Oc2ccccc2)c1CC. The number of hydrogen-bond donors (Lipinski definition) is 1. The van der Waals surface area contributed by atoms with Crippen LogP contribution in [0.4, 0.5) is 0 Å². The summed E-state index contributed by atoms with van der Waals surface area (Å²) in [5.41, 5.74) is 2.31. The van der Waals surface area contributed by atoms with Crippen LogP contribution in [-0.4, -0.2) is 17.2 Å². The Hall–Kier alpha value is -0.830. The van der Waals surface area contributed by atoms with E-state index in [-0.39, 0.29) is 52.1 Å². The first-order chi connectivity index (χ1) is 13.5. The molecule has 0 saturated carbocycles. The van der Waals surface area contributed by atoms with Crippen molar-refractivity contribution in [1.29, 1.82) is 0 Å². The summed E-state index contributed by atoms with van der Waals surface area (Å²) in [6.07, 6.45) is 2.91. The quantitative estimate of drug-likeness (QED) is 0.217. The molecular weight excluding hydrogens is 578 g/mol. The van der Waals surface area contributed by atoms with Gasteiger partial charge in [-0.15, -0.1) is 0 Å². The summed E-state index contributed by atoms with van der Waals surface area (Å²) in [4.78, 5) is 12.5. The number of phenols is 1. The second-order valence-electron chi connectivity index (χ2n) is 6.49. The molecule has 0 radical (unpaired) electrons. The molecule has 0 spiro atoms. The van der Waals surface area contributed by atoms with Crippen LogP contribution in [0.2, 0.25) is 0 Å². The number of hydrogen-bond acceptors (Lipinski definition) is 3. The second-order valence-corrected chi connectivity index (χ2v) is 13.5. The molecule has 0 heterocycles. The third-order valence-corrected chi connectivity index (χ3v) is 12.9.